The van der Waals surface area contributed by atoms with E-state index in [9.17, 15) is 5.11 Å². The number of rotatable bonds is 3. The third-order valence-corrected chi connectivity index (χ3v) is 3.79. The zero-order chi connectivity index (χ0) is 15.7. The first kappa shape index (κ1) is 14.8. The van der Waals surface area contributed by atoms with Crippen LogP contribution in [0.4, 0.5) is 5.69 Å². The van der Waals surface area contributed by atoms with E-state index in [2.05, 4.69) is 9.98 Å². The molecule has 112 valence electrons. The minimum atomic E-state index is 0.0422. The van der Waals surface area contributed by atoms with Crippen molar-refractivity contribution in [3.63, 3.8) is 0 Å². The molecule has 4 nitrogen and oxygen atoms in total. The van der Waals surface area contributed by atoms with Gasteiger partial charge in [0.05, 0.1) is 28.9 Å². The molecule has 0 fully saturated rings. The van der Waals surface area contributed by atoms with Gasteiger partial charge >= 0.3 is 0 Å². The van der Waals surface area contributed by atoms with Crippen LogP contribution >= 0.6 is 23.2 Å². The highest BCUT2D eigenvalue weighted by Crippen LogP contribution is 2.30. The molecule has 22 heavy (non-hydrogen) atoms. The zero-order valence-corrected chi connectivity index (χ0v) is 13.1. The molecule has 0 aliphatic heterocycles. The number of nitrogens with zero attached hydrogens (tertiary/aromatic N) is 1. The number of fused-ring (bicyclic) bond motifs is 1. The lowest BCUT2D eigenvalue weighted by Gasteiger charge is -2.02. The highest BCUT2D eigenvalue weighted by Gasteiger charge is 2.09. The summed E-state index contributed by atoms with van der Waals surface area (Å²) in [6.45, 7) is 0. The first-order chi connectivity index (χ1) is 10.6. The summed E-state index contributed by atoms with van der Waals surface area (Å²) in [7, 11) is 1.55. The second-order valence-corrected chi connectivity index (χ2v) is 5.50. The topological polar surface area (TPSA) is 57.6 Å². The fraction of sp³-hybridized carbons (Fsp3) is 0.0625. The van der Waals surface area contributed by atoms with Gasteiger partial charge in [0, 0.05) is 16.6 Å². The minimum absolute atomic E-state index is 0.0422. The first-order valence-corrected chi connectivity index (χ1v) is 7.22. The van der Waals surface area contributed by atoms with Crippen LogP contribution in [0.2, 0.25) is 10.0 Å². The second-order valence-electron chi connectivity index (χ2n) is 4.65. The van der Waals surface area contributed by atoms with Crippen LogP contribution in [-0.2, 0) is 0 Å². The van der Waals surface area contributed by atoms with Gasteiger partial charge in [0.25, 0.3) is 0 Å². The Hall–Kier alpha value is -2.17. The predicted octanol–water partition coefficient (Wildman–Crippen LogP) is 4.94. The molecular weight excluding hydrogens is 323 g/mol. The fourth-order valence-electron chi connectivity index (χ4n) is 2.18. The van der Waals surface area contributed by atoms with Crippen molar-refractivity contribution in [3.8, 4) is 11.6 Å². The highest BCUT2D eigenvalue weighted by molar-refractivity contribution is 6.32. The molecule has 1 aromatic heterocycles. The van der Waals surface area contributed by atoms with Crippen LogP contribution in [0.3, 0.4) is 0 Å². The molecule has 0 spiro atoms. The summed E-state index contributed by atoms with van der Waals surface area (Å²) in [5.41, 5.74) is 2.01. The zero-order valence-electron chi connectivity index (χ0n) is 11.6. The third kappa shape index (κ3) is 2.75. The Kier molecular flexibility index (Phi) is 3.96. The summed E-state index contributed by atoms with van der Waals surface area (Å²) in [4.78, 5) is 7.21. The molecule has 3 aromatic rings. The molecular formula is C16H12Cl2N2O2. The first-order valence-electron chi connectivity index (χ1n) is 6.46. The van der Waals surface area contributed by atoms with E-state index in [0.717, 1.165) is 10.9 Å². The van der Waals surface area contributed by atoms with Crippen molar-refractivity contribution < 1.29 is 9.84 Å². The predicted molar refractivity (Wildman–Crippen MR) is 90.2 cm³/mol. The lowest BCUT2D eigenvalue weighted by molar-refractivity contribution is 0.415. The quantitative estimate of drug-likeness (QED) is 0.666. The molecule has 2 N–H and O–H groups in total. The molecule has 0 bridgehead atoms. The van der Waals surface area contributed by atoms with Gasteiger partial charge in [0.1, 0.15) is 5.75 Å². The number of nitrogens with one attached hydrogen (secondary N) is 1. The maximum Gasteiger partial charge on any atom is 0.198 e. The molecule has 3 rings (SSSR count). The van der Waals surface area contributed by atoms with Crippen LogP contribution in [-0.4, -0.2) is 23.4 Å². The summed E-state index contributed by atoms with van der Waals surface area (Å²) in [5.74, 6) is 0.630. The Bertz CT molecular complexity index is 872. The number of ether oxygens (including phenoxy) is 1. The van der Waals surface area contributed by atoms with Crippen molar-refractivity contribution >= 4 is 46.0 Å². The number of aromatic nitrogens is 1. The van der Waals surface area contributed by atoms with Gasteiger partial charge in [-0.2, -0.15) is 0 Å². The van der Waals surface area contributed by atoms with Gasteiger partial charge in [-0.15, -0.1) is 0 Å². The SMILES string of the molecule is COc1ccc(N=Cc2c(O)[nH]c3cc(Cl)ccc23)cc1Cl. The van der Waals surface area contributed by atoms with Crippen molar-refractivity contribution in [2.24, 2.45) is 4.99 Å². The summed E-state index contributed by atoms with van der Waals surface area (Å²) < 4.78 is 5.10. The Morgan fingerprint density at radius 1 is 1.18 bits per heavy atom. The molecule has 0 unspecified atom stereocenters. The van der Waals surface area contributed by atoms with E-state index in [1.165, 1.54) is 0 Å². The lowest BCUT2D eigenvalue weighted by Crippen LogP contribution is -1.83. The maximum atomic E-state index is 10.0. The monoisotopic (exact) mass is 334 g/mol. The van der Waals surface area contributed by atoms with Crippen molar-refractivity contribution in [1.82, 2.24) is 4.98 Å². The third-order valence-electron chi connectivity index (χ3n) is 3.26. The molecule has 0 aliphatic carbocycles. The molecule has 6 heteroatoms. The van der Waals surface area contributed by atoms with Gasteiger partial charge in [0.15, 0.2) is 5.88 Å². The van der Waals surface area contributed by atoms with Gasteiger partial charge in [0.2, 0.25) is 0 Å². The summed E-state index contributed by atoms with van der Waals surface area (Å²) in [6, 6.07) is 10.6. The normalized spacial score (nSPS) is 11.4. The number of halogens is 2. The van der Waals surface area contributed by atoms with E-state index in [-0.39, 0.29) is 5.88 Å². The lowest BCUT2D eigenvalue weighted by atomic mass is 10.2. The van der Waals surface area contributed by atoms with Gasteiger partial charge in [-0.3, -0.25) is 4.99 Å². The van der Waals surface area contributed by atoms with Crippen molar-refractivity contribution in [2.45, 2.75) is 0 Å². The number of benzene rings is 2. The molecule has 2 aromatic carbocycles. The average Bonchev–Trinajstić information content (AvgIpc) is 2.79. The van der Waals surface area contributed by atoms with E-state index < -0.39 is 0 Å². The number of hydrogen-bond acceptors (Lipinski definition) is 3. The molecule has 0 radical (unpaired) electrons. The summed E-state index contributed by atoms with van der Waals surface area (Å²) in [5, 5.41) is 11.9. The number of aromatic amines is 1. The van der Waals surface area contributed by atoms with Crippen molar-refractivity contribution in [3.05, 3.63) is 52.0 Å². The second kappa shape index (κ2) is 5.91. The van der Waals surface area contributed by atoms with E-state index in [1.54, 1.807) is 43.7 Å². The van der Waals surface area contributed by atoms with Gasteiger partial charge in [-0.05, 0) is 30.3 Å². The van der Waals surface area contributed by atoms with Crippen LogP contribution in [0.15, 0.2) is 41.4 Å². The number of methoxy groups -OCH3 is 1. The van der Waals surface area contributed by atoms with E-state index in [1.807, 2.05) is 6.07 Å². The number of aliphatic imine (C=N–C) groups is 1. The Morgan fingerprint density at radius 2 is 2.00 bits per heavy atom. The van der Waals surface area contributed by atoms with Gasteiger partial charge < -0.3 is 14.8 Å². The van der Waals surface area contributed by atoms with Crippen LogP contribution < -0.4 is 4.74 Å². The number of aromatic hydroxyl groups is 1. The van der Waals surface area contributed by atoms with Crippen LogP contribution in [0, 0.1) is 0 Å². The number of H-pyrrole nitrogens is 1. The molecule has 0 amide bonds. The maximum absolute atomic E-state index is 10.0. The minimum Gasteiger partial charge on any atom is -0.495 e. The molecule has 0 atom stereocenters. The largest absolute Gasteiger partial charge is 0.495 e. The smallest absolute Gasteiger partial charge is 0.198 e. The van der Waals surface area contributed by atoms with E-state index in [0.29, 0.717) is 27.0 Å². The van der Waals surface area contributed by atoms with Gasteiger partial charge in [-0.1, -0.05) is 29.3 Å². The van der Waals surface area contributed by atoms with Crippen molar-refractivity contribution in [1.29, 1.82) is 0 Å². The van der Waals surface area contributed by atoms with E-state index >= 15 is 0 Å². The van der Waals surface area contributed by atoms with Gasteiger partial charge in [-0.25, -0.2) is 0 Å². The Balaban J connectivity index is 1.99. The fourth-order valence-corrected chi connectivity index (χ4v) is 2.61. The molecule has 0 saturated carbocycles. The Labute approximate surface area is 137 Å². The van der Waals surface area contributed by atoms with Crippen LogP contribution in [0.25, 0.3) is 10.9 Å². The summed E-state index contributed by atoms with van der Waals surface area (Å²) in [6.07, 6.45) is 1.58. The molecule has 0 aliphatic rings. The standard InChI is InChI=1S/C16H12Cl2N2O2/c1-22-15-5-3-10(7-13(15)18)19-8-12-11-4-2-9(17)6-14(11)20-16(12)21/h2-8,20-21H,1H3. The van der Waals surface area contributed by atoms with Crippen LogP contribution in [0.1, 0.15) is 5.56 Å². The highest BCUT2D eigenvalue weighted by atomic mass is 35.5. The average molecular weight is 335 g/mol. The van der Waals surface area contributed by atoms with Crippen molar-refractivity contribution in [2.75, 3.05) is 7.11 Å². The Morgan fingerprint density at radius 3 is 2.73 bits per heavy atom. The van der Waals surface area contributed by atoms with E-state index in [4.69, 9.17) is 27.9 Å². The molecule has 0 saturated heterocycles. The molecule has 1 heterocycles. The summed E-state index contributed by atoms with van der Waals surface area (Å²) >= 11 is 12.0. The number of hydrogen-bond donors (Lipinski definition) is 2. The van der Waals surface area contributed by atoms with Crippen LogP contribution in [0.5, 0.6) is 11.6 Å².